The molecule has 2 heteroatoms. The molecule has 0 spiro atoms. The third-order valence-corrected chi connectivity index (χ3v) is 8.24. The fourth-order valence-corrected chi connectivity index (χ4v) is 5.92. The van der Waals surface area contributed by atoms with Crippen LogP contribution in [0.3, 0.4) is 0 Å². The maximum Gasteiger partial charge on any atom is 0.0364 e. The molecule has 146 valence electrons. The van der Waals surface area contributed by atoms with Crippen LogP contribution >= 0.6 is 31.9 Å². The van der Waals surface area contributed by atoms with E-state index in [0.717, 1.165) is 0 Å². The Labute approximate surface area is 182 Å². The van der Waals surface area contributed by atoms with Crippen molar-refractivity contribution in [1.29, 1.82) is 0 Å². The smallest absolute Gasteiger partial charge is 0.0364 e. The Morgan fingerprint density at radius 2 is 1.33 bits per heavy atom. The number of unbranched alkanes of at least 4 members (excludes halogenated alkanes) is 6. The van der Waals surface area contributed by atoms with Gasteiger partial charge in [0, 0.05) is 14.4 Å². The highest BCUT2D eigenvalue weighted by Crippen LogP contribution is 2.57. The first-order chi connectivity index (χ1) is 13.2. The lowest BCUT2D eigenvalue weighted by molar-refractivity contribution is 0.399. The van der Waals surface area contributed by atoms with Crippen molar-refractivity contribution in [2.24, 2.45) is 0 Å². The molecule has 0 fully saturated rings. The molecule has 0 saturated heterocycles. The topological polar surface area (TPSA) is 0 Å². The zero-order valence-electron chi connectivity index (χ0n) is 16.8. The van der Waals surface area contributed by atoms with E-state index in [1.54, 1.807) is 5.56 Å². The molecule has 0 radical (unpaired) electrons. The van der Waals surface area contributed by atoms with Crippen LogP contribution in [-0.2, 0) is 5.41 Å². The van der Waals surface area contributed by atoms with Crippen LogP contribution in [0, 0.1) is 0 Å². The molecule has 0 saturated carbocycles. The fraction of sp³-hybridized carbons (Fsp3) is 0.520. The van der Waals surface area contributed by atoms with Crippen molar-refractivity contribution in [3.63, 3.8) is 0 Å². The summed E-state index contributed by atoms with van der Waals surface area (Å²) in [6.45, 7) is 4.60. The summed E-state index contributed by atoms with van der Waals surface area (Å²) < 4.78 is 2.45. The summed E-state index contributed by atoms with van der Waals surface area (Å²) in [6.07, 6.45) is 13.1. The van der Waals surface area contributed by atoms with Gasteiger partial charge in [0.1, 0.15) is 0 Å². The molecule has 0 bridgehead atoms. The zero-order chi connectivity index (χ0) is 19.3. The number of halogens is 2. The minimum atomic E-state index is 0.163. The monoisotopic (exact) mass is 490 g/mol. The van der Waals surface area contributed by atoms with Gasteiger partial charge in [-0.15, -0.1) is 0 Å². The van der Waals surface area contributed by atoms with Crippen molar-refractivity contribution in [2.45, 2.75) is 83.5 Å². The Hall–Kier alpha value is -0.600. The molecule has 2 aromatic carbocycles. The van der Waals surface area contributed by atoms with Gasteiger partial charge in [-0.1, -0.05) is 95.5 Å². The number of benzene rings is 2. The van der Waals surface area contributed by atoms with Crippen molar-refractivity contribution in [3.05, 3.63) is 56.5 Å². The van der Waals surface area contributed by atoms with Crippen molar-refractivity contribution in [3.8, 4) is 11.1 Å². The van der Waals surface area contributed by atoms with Gasteiger partial charge in [-0.05, 0) is 73.0 Å². The Balaban J connectivity index is 2.05. The van der Waals surface area contributed by atoms with Gasteiger partial charge in [-0.3, -0.25) is 0 Å². The van der Waals surface area contributed by atoms with E-state index in [9.17, 15) is 0 Å². The van der Waals surface area contributed by atoms with Gasteiger partial charge in [-0.25, -0.2) is 0 Å². The standard InChI is InChI=1S/C25H32Br2/c1-3-5-7-11-17-25(18-12-8-6-4-2)21-14-10-9-13-19(21)20-15-16-22(26)24(27)23(20)25/h9-10,13-16H,3-8,11-12,17-18H2,1-2H3. The Morgan fingerprint density at radius 1 is 0.704 bits per heavy atom. The number of hydrogen-bond donors (Lipinski definition) is 0. The largest absolute Gasteiger partial charge is 0.0654 e. The molecule has 0 atom stereocenters. The summed E-state index contributed by atoms with van der Waals surface area (Å²) in [5.41, 5.74) is 6.15. The van der Waals surface area contributed by atoms with Crippen LogP contribution in [0.4, 0.5) is 0 Å². The van der Waals surface area contributed by atoms with E-state index in [1.807, 2.05) is 0 Å². The van der Waals surface area contributed by atoms with Gasteiger partial charge in [-0.2, -0.15) is 0 Å². The minimum absolute atomic E-state index is 0.163. The van der Waals surface area contributed by atoms with E-state index in [0.29, 0.717) is 0 Å². The SMILES string of the molecule is CCCCCCC1(CCCCCC)c2ccccc2-c2ccc(Br)c(Br)c21. The third-order valence-electron chi connectivity index (χ3n) is 6.22. The molecule has 1 aliphatic carbocycles. The fourth-order valence-electron chi connectivity index (χ4n) is 4.86. The predicted molar refractivity (Wildman–Crippen MR) is 126 cm³/mol. The second-order valence-corrected chi connectivity index (χ2v) is 9.68. The summed E-state index contributed by atoms with van der Waals surface area (Å²) in [5.74, 6) is 0. The Bertz CT molecular complexity index is 751. The van der Waals surface area contributed by atoms with E-state index in [1.165, 1.54) is 89.8 Å². The highest BCUT2D eigenvalue weighted by Gasteiger charge is 2.43. The van der Waals surface area contributed by atoms with Crippen LogP contribution in [0.2, 0.25) is 0 Å². The quantitative estimate of drug-likeness (QED) is 0.290. The summed E-state index contributed by atoms with van der Waals surface area (Å²) in [7, 11) is 0. The lowest BCUT2D eigenvalue weighted by Crippen LogP contribution is -2.26. The molecule has 0 heterocycles. The molecule has 0 nitrogen and oxygen atoms in total. The summed E-state index contributed by atoms with van der Waals surface area (Å²) in [6, 6.07) is 13.7. The summed E-state index contributed by atoms with van der Waals surface area (Å²) in [5, 5.41) is 0. The van der Waals surface area contributed by atoms with Gasteiger partial charge in [0.05, 0.1) is 0 Å². The maximum atomic E-state index is 3.96. The van der Waals surface area contributed by atoms with Crippen LogP contribution in [0.25, 0.3) is 11.1 Å². The summed E-state index contributed by atoms with van der Waals surface area (Å²) >= 11 is 7.75. The molecule has 0 aliphatic heterocycles. The molecule has 0 N–H and O–H groups in total. The van der Waals surface area contributed by atoms with E-state index < -0.39 is 0 Å². The normalized spacial score (nSPS) is 14.2. The van der Waals surface area contributed by atoms with E-state index in [4.69, 9.17) is 0 Å². The van der Waals surface area contributed by atoms with Crippen LogP contribution in [-0.4, -0.2) is 0 Å². The predicted octanol–water partition coefficient (Wildman–Crippen LogP) is 9.42. The first kappa shape index (κ1) is 21.1. The highest BCUT2D eigenvalue weighted by atomic mass is 79.9. The molecule has 1 aliphatic rings. The highest BCUT2D eigenvalue weighted by molar-refractivity contribution is 9.13. The lowest BCUT2D eigenvalue weighted by atomic mass is 9.70. The van der Waals surface area contributed by atoms with E-state index in [-0.39, 0.29) is 5.41 Å². The summed E-state index contributed by atoms with van der Waals surface area (Å²) in [4.78, 5) is 0. The van der Waals surface area contributed by atoms with E-state index >= 15 is 0 Å². The van der Waals surface area contributed by atoms with Crippen LogP contribution in [0.5, 0.6) is 0 Å². The van der Waals surface area contributed by atoms with E-state index in [2.05, 4.69) is 82.1 Å². The molecule has 2 aromatic rings. The molecule has 0 unspecified atom stereocenters. The molecular formula is C25H32Br2. The average molecular weight is 492 g/mol. The van der Waals surface area contributed by atoms with Crippen LogP contribution < -0.4 is 0 Å². The van der Waals surface area contributed by atoms with Gasteiger partial charge in [0.25, 0.3) is 0 Å². The second kappa shape index (κ2) is 9.74. The minimum Gasteiger partial charge on any atom is -0.0654 e. The van der Waals surface area contributed by atoms with Crippen LogP contribution in [0.15, 0.2) is 45.3 Å². The second-order valence-electron chi connectivity index (χ2n) is 8.03. The molecule has 0 aromatic heterocycles. The van der Waals surface area contributed by atoms with Gasteiger partial charge < -0.3 is 0 Å². The molecule has 27 heavy (non-hydrogen) atoms. The van der Waals surface area contributed by atoms with Gasteiger partial charge in [0.2, 0.25) is 0 Å². The molecular weight excluding hydrogens is 460 g/mol. The first-order valence-electron chi connectivity index (χ1n) is 10.7. The van der Waals surface area contributed by atoms with Gasteiger partial charge in [0.15, 0.2) is 0 Å². The molecule has 3 rings (SSSR count). The Morgan fingerprint density at radius 3 is 1.96 bits per heavy atom. The molecule has 0 amide bonds. The van der Waals surface area contributed by atoms with Crippen molar-refractivity contribution < 1.29 is 0 Å². The number of hydrogen-bond acceptors (Lipinski definition) is 0. The van der Waals surface area contributed by atoms with Crippen molar-refractivity contribution in [1.82, 2.24) is 0 Å². The number of rotatable bonds is 10. The number of fused-ring (bicyclic) bond motifs is 3. The third kappa shape index (κ3) is 4.22. The average Bonchev–Trinajstić information content (AvgIpc) is 2.96. The first-order valence-corrected chi connectivity index (χ1v) is 12.3. The Kier molecular flexibility index (Phi) is 7.62. The van der Waals surface area contributed by atoms with Gasteiger partial charge >= 0.3 is 0 Å². The van der Waals surface area contributed by atoms with Crippen LogP contribution in [0.1, 0.15) is 89.2 Å². The van der Waals surface area contributed by atoms with Crippen molar-refractivity contribution >= 4 is 31.9 Å². The lowest BCUT2D eigenvalue weighted by Gasteiger charge is -2.34. The van der Waals surface area contributed by atoms with Crippen molar-refractivity contribution in [2.75, 3.05) is 0 Å². The zero-order valence-corrected chi connectivity index (χ0v) is 20.0. The maximum absolute atomic E-state index is 3.96.